The van der Waals surface area contributed by atoms with Crippen LogP contribution in [0.25, 0.3) is 0 Å². The van der Waals surface area contributed by atoms with Crippen molar-refractivity contribution < 1.29 is 19.5 Å². The number of carboxylic acids is 1. The van der Waals surface area contributed by atoms with E-state index in [4.69, 9.17) is 5.11 Å². The molecule has 0 radical (unpaired) electrons. The number of carbonyl (C=O) groups excluding carboxylic acids is 2. The van der Waals surface area contributed by atoms with Gasteiger partial charge in [0.1, 0.15) is 11.8 Å². The Bertz CT molecular complexity index is 251. The van der Waals surface area contributed by atoms with Gasteiger partial charge in [-0.1, -0.05) is 0 Å². The van der Waals surface area contributed by atoms with Crippen LogP contribution in [-0.2, 0) is 14.4 Å². The van der Waals surface area contributed by atoms with Crippen LogP contribution in [0.1, 0.15) is 25.7 Å². The average molecular weight is 199 g/mol. The van der Waals surface area contributed by atoms with Crippen LogP contribution in [0.2, 0.25) is 0 Å². The number of aliphatic carboxylic acids is 1. The number of carbonyl (C=O) groups is 3. The fourth-order valence-corrected chi connectivity index (χ4v) is 1.82. The highest BCUT2D eigenvalue weighted by Gasteiger charge is 2.31. The van der Waals surface area contributed by atoms with Crippen molar-refractivity contribution in [3.63, 3.8) is 0 Å². The van der Waals surface area contributed by atoms with Crippen molar-refractivity contribution in [2.75, 3.05) is 0 Å². The predicted octanol–water partition coefficient (Wildman–Crippen LogP) is -0.0551. The third kappa shape index (κ3) is 2.55. The van der Waals surface area contributed by atoms with Gasteiger partial charge in [0.15, 0.2) is 0 Å². The van der Waals surface area contributed by atoms with E-state index in [9.17, 15) is 14.4 Å². The Balaban J connectivity index is 2.61. The largest absolute Gasteiger partial charge is 0.480 e. The Morgan fingerprint density at radius 2 is 2.36 bits per heavy atom. The summed E-state index contributed by atoms with van der Waals surface area (Å²) in [5.41, 5.74) is 0. The summed E-state index contributed by atoms with van der Waals surface area (Å²) in [5, 5.41) is 11.1. The van der Waals surface area contributed by atoms with Gasteiger partial charge in [-0.2, -0.15) is 0 Å². The lowest BCUT2D eigenvalue weighted by Crippen LogP contribution is -2.44. The van der Waals surface area contributed by atoms with Crippen molar-refractivity contribution in [1.82, 2.24) is 5.32 Å². The summed E-state index contributed by atoms with van der Waals surface area (Å²) in [5.74, 6) is -1.24. The molecule has 1 aliphatic rings. The number of hydrogen-bond acceptors (Lipinski definition) is 3. The van der Waals surface area contributed by atoms with Gasteiger partial charge in [0.25, 0.3) is 0 Å². The third-order valence-corrected chi connectivity index (χ3v) is 2.51. The minimum absolute atomic E-state index is 0.0835. The van der Waals surface area contributed by atoms with E-state index in [1.165, 1.54) is 0 Å². The van der Waals surface area contributed by atoms with Crippen LogP contribution in [0.4, 0.5) is 0 Å². The summed E-state index contributed by atoms with van der Waals surface area (Å²) in [6.07, 6.45) is 2.57. The number of Topliss-reactive ketones (excluding diaryl/α,β-unsaturated/α-hetero) is 1. The second kappa shape index (κ2) is 4.74. The highest BCUT2D eigenvalue weighted by atomic mass is 16.4. The zero-order valence-corrected chi connectivity index (χ0v) is 7.73. The van der Waals surface area contributed by atoms with E-state index in [0.29, 0.717) is 25.7 Å². The van der Waals surface area contributed by atoms with E-state index >= 15 is 0 Å². The SMILES string of the molecule is O=CNC(C(=O)O)C1CCCC(=O)C1. The highest BCUT2D eigenvalue weighted by Crippen LogP contribution is 2.24. The molecule has 0 bridgehead atoms. The number of rotatable bonds is 4. The molecule has 0 aromatic heterocycles. The van der Waals surface area contributed by atoms with E-state index in [-0.39, 0.29) is 18.1 Å². The molecular formula is C9H13NO4. The van der Waals surface area contributed by atoms with Crippen molar-refractivity contribution in [1.29, 1.82) is 0 Å². The van der Waals surface area contributed by atoms with Gasteiger partial charge in [-0.05, 0) is 18.8 Å². The predicted molar refractivity (Wildman–Crippen MR) is 47.6 cm³/mol. The summed E-state index contributed by atoms with van der Waals surface area (Å²) < 4.78 is 0. The second-order valence-corrected chi connectivity index (χ2v) is 3.50. The van der Waals surface area contributed by atoms with E-state index in [1.807, 2.05) is 0 Å². The fraction of sp³-hybridized carbons (Fsp3) is 0.667. The molecule has 78 valence electrons. The summed E-state index contributed by atoms with van der Waals surface area (Å²) >= 11 is 0. The van der Waals surface area contributed by atoms with Crippen LogP contribution < -0.4 is 5.32 Å². The Hall–Kier alpha value is -1.39. The highest BCUT2D eigenvalue weighted by molar-refractivity contribution is 5.82. The molecule has 2 unspecified atom stereocenters. The van der Waals surface area contributed by atoms with Crippen LogP contribution in [0.15, 0.2) is 0 Å². The van der Waals surface area contributed by atoms with Gasteiger partial charge >= 0.3 is 5.97 Å². The van der Waals surface area contributed by atoms with Crippen molar-refractivity contribution >= 4 is 18.2 Å². The summed E-state index contributed by atoms with van der Waals surface area (Å²) in [7, 11) is 0. The van der Waals surface area contributed by atoms with Gasteiger partial charge in [-0.15, -0.1) is 0 Å². The van der Waals surface area contributed by atoms with Gasteiger partial charge in [0.2, 0.25) is 6.41 Å². The topological polar surface area (TPSA) is 83.5 Å². The summed E-state index contributed by atoms with van der Waals surface area (Å²) in [6, 6.07) is -0.920. The Kier molecular flexibility index (Phi) is 3.62. The smallest absolute Gasteiger partial charge is 0.326 e. The van der Waals surface area contributed by atoms with Crippen molar-refractivity contribution in [3.05, 3.63) is 0 Å². The molecule has 0 aliphatic heterocycles. The molecule has 1 amide bonds. The first-order chi connectivity index (χ1) is 6.65. The third-order valence-electron chi connectivity index (χ3n) is 2.51. The molecule has 5 heteroatoms. The molecule has 0 saturated heterocycles. The Morgan fingerprint density at radius 3 is 2.86 bits per heavy atom. The van der Waals surface area contributed by atoms with Crippen molar-refractivity contribution in [3.8, 4) is 0 Å². The maximum absolute atomic E-state index is 11.1. The van der Waals surface area contributed by atoms with E-state index in [0.717, 1.165) is 0 Å². The first kappa shape index (κ1) is 10.7. The van der Waals surface area contributed by atoms with Crippen molar-refractivity contribution in [2.45, 2.75) is 31.7 Å². The maximum Gasteiger partial charge on any atom is 0.326 e. The molecule has 14 heavy (non-hydrogen) atoms. The first-order valence-corrected chi connectivity index (χ1v) is 4.59. The zero-order valence-electron chi connectivity index (χ0n) is 7.73. The number of carboxylic acid groups (broad SMARTS) is 1. The molecule has 1 rings (SSSR count). The normalized spacial score (nSPS) is 24.0. The molecule has 1 aliphatic carbocycles. The molecule has 2 atom stereocenters. The molecule has 0 aromatic carbocycles. The summed E-state index contributed by atoms with van der Waals surface area (Å²) in [4.78, 5) is 32.0. The second-order valence-electron chi connectivity index (χ2n) is 3.50. The zero-order chi connectivity index (χ0) is 10.6. The van der Waals surface area contributed by atoms with Gasteiger partial charge in [0, 0.05) is 12.8 Å². The van der Waals surface area contributed by atoms with Gasteiger partial charge in [-0.3, -0.25) is 9.59 Å². The lowest BCUT2D eigenvalue weighted by Gasteiger charge is -2.25. The van der Waals surface area contributed by atoms with E-state index in [2.05, 4.69) is 5.32 Å². The number of nitrogens with one attached hydrogen (secondary N) is 1. The maximum atomic E-state index is 11.1. The van der Waals surface area contributed by atoms with Crippen LogP contribution >= 0.6 is 0 Å². The van der Waals surface area contributed by atoms with Crippen LogP contribution in [-0.4, -0.2) is 29.3 Å². The lowest BCUT2D eigenvalue weighted by atomic mass is 9.83. The molecule has 0 aromatic rings. The molecule has 1 saturated carbocycles. The summed E-state index contributed by atoms with van der Waals surface area (Å²) in [6.45, 7) is 0. The lowest BCUT2D eigenvalue weighted by molar-refractivity contribution is -0.143. The molecule has 1 fully saturated rings. The van der Waals surface area contributed by atoms with E-state index in [1.54, 1.807) is 0 Å². The standard InChI is InChI=1S/C9H13NO4/c11-5-10-8(9(13)14)6-2-1-3-7(12)4-6/h5-6,8H,1-4H2,(H,10,11)(H,13,14). The van der Waals surface area contributed by atoms with Gasteiger partial charge in [0.05, 0.1) is 0 Å². The molecule has 0 heterocycles. The first-order valence-electron chi connectivity index (χ1n) is 4.59. The average Bonchev–Trinajstić information content (AvgIpc) is 2.13. The van der Waals surface area contributed by atoms with Gasteiger partial charge < -0.3 is 10.4 Å². The minimum Gasteiger partial charge on any atom is -0.480 e. The van der Waals surface area contributed by atoms with Crippen molar-refractivity contribution in [2.24, 2.45) is 5.92 Å². The number of ketones is 1. The van der Waals surface area contributed by atoms with Crippen LogP contribution in [0.5, 0.6) is 0 Å². The van der Waals surface area contributed by atoms with Crippen LogP contribution in [0, 0.1) is 5.92 Å². The molecule has 2 N–H and O–H groups in total. The van der Waals surface area contributed by atoms with Gasteiger partial charge in [-0.25, -0.2) is 4.79 Å². The molecular weight excluding hydrogens is 186 g/mol. The Morgan fingerprint density at radius 1 is 1.64 bits per heavy atom. The number of hydrogen-bond donors (Lipinski definition) is 2. The minimum atomic E-state index is -1.07. The fourth-order valence-electron chi connectivity index (χ4n) is 1.82. The molecule has 5 nitrogen and oxygen atoms in total. The number of amides is 1. The van der Waals surface area contributed by atoms with E-state index < -0.39 is 12.0 Å². The van der Waals surface area contributed by atoms with Crippen LogP contribution in [0.3, 0.4) is 0 Å². The quantitative estimate of drug-likeness (QED) is 0.621. The Labute approximate surface area is 81.5 Å². The molecule has 0 spiro atoms. The monoisotopic (exact) mass is 199 g/mol.